The van der Waals surface area contributed by atoms with Crippen molar-refractivity contribution in [3.8, 4) is 0 Å². The van der Waals surface area contributed by atoms with Gasteiger partial charge in [0.15, 0.2) is 0 Å². The Balaban J connectivity index is 1.29. The number of anilines is 2. The fourth-order valence-electron chi connectivity index (χ4n) is 7.65. The van der Waals surface area contributed by atoms with Crippen molar-refractivity contribution in [2.45, 2.75) is 89.8 Å². The second-order valence-electron chi connectivity index (χ2n) is 11.3. The highest BCUT2D eigenvalue weighted by Crippen LogP contribution is 2.61. The Morgan fingerprint density at radius 2 is 2.03 bits per heavy atom. The number of hydrogen-bond acceptors (Lipinski definition) is 5. The summed E-state index contributed by atoms with van der Waals surface area (Å²) in [6, 6.07) is 0.879. The predicted molar refractivity (Wildman–Crippen MR) is 117 cm³/mol. The molecular weight excluding hydrogens is 374 g/mol. The smallest absolute Gasteiger partial charge is 0.246 e. The van der Waals surface area contributed by atoms with Crippen molar-refractivity contribution in [2.75, 3.05) is 16.8 Å². The molecule has 1 aromatic heterocycles. The maximum absolute atomic E-state index is 13.0. The Hall–Kier alpha value is -1.85. The van der Waals surface area contributed by atoms with Gasteiger partial charge in [0.25, 0.3) is 0 Å². The molecule has 1 aromatic rings. The molecule has 6 aliphatic rings. The van der Waals surface area contributed by atoms with Gasteiger partial charge in [0.2, 0.25) is 11.9 Å². The third kappa shape index (κ3) is 2.45. The van der Waals surface area contributed by atoms with Gasteiger partial charge in [0, 0.05) is 36.8 Å². The number of rotatable bonds is 3. The zero-order valence-electron chi connectivity index (χ0n) is 18.6. The number of carbonyl (C=O) groups is 1. The van der Waals surface area contributed by atoms with Crippen LogP contribution in [0.5, 0.6) is 0 Å². The lowest BCUT2D eigenvalue weighted by Crippen LogP contribution is -2.58. The van der Waals surface area contributed by atoms with Crippen LogP contribution in [-0.2, 0) is 11.2 Å². The number of nitrogens with zero attached hydrogens (tertiary/aromatic N) is 3. The van der Waals surface area contributed by atoms with Gasteiger partial charge in [-0.25, -0.2) is 4.98 Å². The summed E-state index contributed by atoms with van der Waals surface area (Å²) >= 11 is 0. The molecule has 1 amide bonds. The summed E-state index contributed by atoms with van der Waals surface area (Å²) < 4.78 is 0. The topological polar surface area (TPSA) is 70.2 Å². The standard InChI is InChI=1S/C24H35N5O/c1-14-18-10-16(23(18,2)3)11-19(14)27-22-26-13-15-12-24(8-9-25-21(24)30)29(20(15)28-22)17-6-4-5-7-17/h13-14,16-19H,4-12H2,1-3H3,(H,25,30)(H,26,27,28)/t14-,16+,18-,19-,24?/m0/s1. The van der Waals surface area contributed by atoms with Crippen LogP contribution in [0.15, 0.2) is 6.20 Å². The number of fused-ring (bicyclic) bond motifs is 3. The zero-order chi connectivity index (χ0) is 20.7. The van der Waals surface area contributed by atoms with Crippen molar-refractivity contribution in [3.63, 3.8) is 0 Å². The summed E-state index contributed by atoms with van der Waals surface area (Å²) in [5, 5.41) is 6.81. The Labute approximate surface area is 179 Å². The van der Waals surface area contributed by atoms with Gasteiger partial charge in [-0.1, -0.05) is 33.6 Å². The Morgan fingerprint density at radius 3 is 2.70 bits per heavy atom. The third-order valence-electron chi connectivity index (χ3n) is 9.62. The normalized spacial score (nSPS) is 39.2. The molecule has 0 radical (unpaired) electrons. The van der Waals surface area contributed by atoms with Crippen molar-refractivity contribution in [3.05, 3.63) is 11.8 Å². The average molecular weight is 410 g/mol. The van der Waals surface area contributed by atoms with Gasteiger partial charge < -0.3 is 15.5 Å². The highest BCUT2D eigenvalue weighted by Gasteiger charge is 2.57. The maximum Gasteiger partial charge on any atom is 0.246 e. The summed E-state index contributed by atoms with van der Waals surface area (Å²) in [7, 11) is 0. The van der Waals surface area contributed by atoms with Crippen LogP contribution in [-0.4, -0.2) is 40.0 Å². The highest BCUT2D eigenvalue weighted by atomic mass is 16.2. The number of hydrogen-bond donors (Lipinski definition) is 2. The lowest BCUT2D eigenvalue weighted by molar-refractivity contribution is -0.123. The molecule has 7 rings (SSSR count). The lowest BCUT2D eigenvalue weighted by Gasteiger charge is -2.62. The molecule has 2 aliphatic heterocycles. The molecule has 162 valence electrons. The van der Waals surface area contributed by atoms with Crippen LogP contribution >= 0.6 is 0 Å². The number of carbonyl (C=O) groups excluding carboxylic acids is 1. The summed E-state index contributed by atoms with van der Waals surface area (Å²) in [4.78, 5) is 25.2. The van der Waals surface area contributed by atoms with Crippen molar-refractivity contribution < 1.29 is 4.79 Å². The quantitative estimate of drug-likeness (QED) is 0.799. The second-order valence-corrected chi connectivity index (χ2v) is 11.3. The number of aromatic nitrogens is 2. The summed E-state index contributed by atoms with van der Waals surface area (Å²) in [5.74, 6) is 4.20. The van der Waals surface area contributed by atoms with Gasteiger partial charge in [-0.3, -0.25) is 4.79 Å². The van der Waals surface area contributed by atoms with Crippen molar-refractivity contribution in [2.24, 2.45) is 23.2 Å². The third-order valence-corrected chi connectivity index (χ3v) is 9.62. The zero-order valence-corrected chi connectivity index (χ0v) is 18.6. The average Bonchev–Trinajstić information content (AvgIpc) is 3.43. The first kappa shape index (κ1) is 18.9. The fraction of sp³-hybridized carbons (Fsp3) is 0.792. The molecule has 4 aliphatic carbocycles. The molecular formula is C24H35N5O. The van der Waals surface area contributed by atoms with E-state index >= 15 is 0 Å². The molecule has 0 aromatic carbocycles. The van der Waals surface area contributed by atoms with Crippen LogP contribution in [0.4, 0.5) is 11.8 Å². The van der Waals surface area contributed by atoms with Crippen LogP contribution in [0, 0.1) is 23.2 Å². The lowest BCUT2D eigenvalue weighted by atomic mass is 9.45. The first-order valence-corrected chi connectivity index (χ1v) is 12.1. The van der Waals surface area contributed by atoms with Gasteiger partial charge in [-0.05, 0) is 55.3 Å². The van der Waals surface area contributed by atoms with E-state index in [9.17, 15) is 4.79 Å². The van der Waals surface area contributed by atoms with Crippen LogP contribution in [0.3, 0.4) is 0 Å². The van der Waals surface area contributed by atoms with Crippen molar-refractivity contribution in [1.29, 1.82) is 0 Å². The van der Waals surface area contributed by atoms with E-state index in [1.807, 2.05) is 6.20 Å². The largest absolute Gasteiger partial charge is 0.354 e. The van der Waals surface area contributed by atoms with Crippen molar-refractivity contribution >= 4 is 17.7 Å². The minimum absolute atomic E-state index is 0.185. The number of amides is 1. The molecule has 30 heavy (non-hydrogen) atoms. The van der Waals surface area contributed by atoms with Crippen LogP contribution in [0.1, 0.15) is 71.3 Å². The highest BCUT2D eigenvalue weighted by molar-refractivity contribution is 5.94. The van der Waals surface area contributed by atoms with Gasteiger partial charge in [0.05, 0.1) is 0 Å². The Bertz CT molecular complexity index is 878. The summed E-state index contributed by atoms with van der Waals surface area (Å²) in [6.45, 7) is 8.05. The molecule has 3 heterocycles. The maximum atomic E-state index is 13.0. The van der Waals surface area contributed by atoms with Crippen LogP contribution < -0.4 is 15.5 Å². The van der Waals surface area contributed by atoms with Crippen LogP contribution in [0.25, 0.3) is 0 Å². The molecule has 6 heteroatoms. The predicted octanol–water partition coefficient (Wildman–Crippen LogP) is 3.52. The number of nitrogens with one attached hydrogen (secondary N) is 2. The van der Waals surface area contributed by atoms with E-state index in [2.05, 4.69) is 36.3 Å². The van der Waals surface area contributed by atoms with Gasteiger partial charge >= 0.3 is 0 Å². The van der Waals surface area contributed by atoms with E-state index in [4.69, 9.17) is 9.97 Å². The SMILES string of the molecule is C[C@@H]1[C@@H](Nc2ncc3c(n2)N(C2CCCC2)C2(CCNC2=O)C3)C[C@H]2C[C@@H]1C2(C)C. The monoisotopic (exact) mass is 409 g/mol. The Morgan fingerprint density at radius 1 is 1.23 bits per heavy atom. The molecule has 1 spiro atoms. The molecule has 2 N–H and O–H groups in total. The van der Waals surface area contributed by atoms with E-state index in [0.29, 0.717) is 23.4 Å². The van der Waals surface area contributed by atoms with Crippen molar-refractivity contribution in [1.82, 2.24) is 15.3 Å². The second kappa shape index (κ2) is 6.33. The van der Waals surface area contributed by atoms with E-state index in [1.54, 1.807) is 0 Å². The van der Waals surface area contributed by atoms with Gasteiger partial charge in [0.1, 0.15) is 11.4 Å². The van der Waals surface area contributed by atoms with E-state index in [0.717, 1.165) is 48.6 Å². The first-order valence-electron chi connectivity index (χ1n) is 12.1. The van der Waals surface area contributed by atoms with E-state index in [-0.39, 0.29) is 5.91 Å². The van der Waals surface area contributed by atoms with E-state index in [1.165, 1.54) is 38.5 Å². The molecule has 6 nitrogen and oxygen atoms in total. The first-order chi connectivity index (χ1) is 14.4. The molecule has 2 bridgehead atoms. The summed E-state index contributed by atoms with van der Waals surface area (Å²) in [6.07, 6.45) is 11.0. The molecule has 4 saturated carbocycles. The van der Waals surface area contributed by atoms with Gasteiger partial charge in [-0.15, -0.1) is 0 Å². The molecule has 5 fully saturated rings. The molecule has 1 saturated heterocycles. The fourth-order valence-corrected chi connectivity index (χ4v) is 7.65. The molecule has 5 atom stereocenters. The summed E-state index contributed by atoms with van der Waals surface area (Å²) in [5.41, 5.74) is 1.19. The van der Waals surface area contributed by atoms with Gasteiger partial charge in [-0.2, -0.15) is 4.98 Å². The Kier molecular flexibility index (Phi) is 3.99. The minimum atomic E-state index is -0.436. The van der Waals surface area contributed by atoms with Crippen LogP contribution in [0.2, 0.25) is 0 Å². The molecule has 1 unspecified atom stereocenters. The van der Waals surface area contributed by atoms with E-state index < -0.39 is 5.54 Å². The minimum Gasteiger partial charge on any atom is -0.354 e.